The Balaban J connectivity index is 0.740. The van der Waals surface area contributed by atoms with E-state index in [9.17, 15) is 28.8 Å². The van der Waals surface area contributed by atoms with Gasteiger partial charge in [0.05, 0.1) is 23.0 Å². The monoisotopic (exact) mass is 912 g/mol. The highest BCUT2D eigenvalue weighted by molar-refractivity contribution is 7.17. The molecule has 1 unspecified atom stereocenters. The van der Waals surface area contributed by atoms with Gasteiger partial charge in [-0.15, -0.1) is 0 Å². The van der Waals surface area contributed by atoms with E-state index in [-0.39, 0.29) is 47.9 Å². The van der Waals surface area contributed by atoms with Crippen molar-refractivity contribution in [3.8, 4) is 11.5 Å². The molecule has 66 heavy (non-hydrogen) atoms. The van der Waals surface area contributed by atoms with E-state index < -0.39 is 29.7 Å². The summed E-state index contributed by atoms with van der Waals surface area (Å²) in [5.74, 6) is 0.607. The van der Waals surface area contributed by atoms with Crippen LogP contribution in [0.3, 0.4) is 0 Å². The molecule has 3 aromatic carbocycles. The van der Waals surface area contributed by atoms with E-state index in [0.717, 1.165) is 86.9 Å². The molecule has 0 aliphatic carbocycles. The number of amides is 6. The number of anilines is 5. The second-order valence-electron chi connectivity index (χ2n) is 16.6. The number of benzene rings is 3. The van der Waals surface area contributed by atoms with Gasteiger partial charge >= 0.3 is 0 Å². The largest absolute Gasteiger partial charge is 0.457 e. The summed E-state index contributed by atoms with van der Waals surface area (Å²) in [7, 11) is 0. The highest BCUT2D eigenvalue weighted by atomic mass is 32.1. The predicted molar refractivity (Wildman–Crippen MR) is 251 cm³/mol. The van der Waals surface area contributed by atoms with Crippen LogP contribution in [0.25, 0.3) is 0 Å². The van der Waals surface area contributed by atoms with Gasteiger partial charge in [-0.3, -0.25) is 39.0 Å². The summed E-state index contributed by atoms with van der Waals surface area (Å²) in [4.78, 5) is 96.6. The number of aryl methyl sites for hydroxylation is 2. The quantitative estimate of drug-likeness (QED) is 0.0537. The molecule has 0 bridgehead atoms. The molecule has 0 radical (unpaired) electrons. The maximum Gasteiger partial charge on any atom is 0.267 e. The summed E-state index contributed by atoms with van der Waals surface area (Å²) in [5, 5.41) is 11.8. The minimum atomic E-state index is -1.07. The van der Waals surface area contributed by atoms with E-state index in [2.05, 4.69) is 41.0 Å². The Morgan fingerprint density at radius 2 is 1.64 bits per heavy atom. The fraction of sp³-hybridized carbons (Fsp3) is 0.354. The van der Waals surface area contributed by atoms with Crippen molar-refractivity contribution in [3.63, 3.8) is 0 Å². The zero-order chi connectivity index (χ0) is 46.2. The van der Waals surface area contributed by atoms with Crippen LogP contribution in [0.2, 0.25) is 0 Å². The predicted octanol–water partition coefficient (Wildman–Crippen LogP) is 7.23. The summed E-state index contributed by atoms with van der Waals surface area (Å²) in [6.07, 6.45) is 7.56. The van der Waals surface area contributed by atoms with Crippen LogP contribution in [0.5, 0.6) is 11.5 Å². The van der Waals surface area contributed by atoms with Gasteiger partial charge in [0.1, 0.15) is 39.9 Å². The fourth-order valence-corrected chi connectivity index (χ4v) is 9.10. The van der Waals surface area contributed by atoms with E-state index in [1.54, 1.807) is 18.3 Å². The number of nitrogens with zero attached hydrogens (tertiary/aromatic N) is 6. The van der Waals surface area contributed by atoms with Crippen LogP contribution in [0.4, 0.5) is 28.1 Å². The first-order chi connectivity index (χ1) is 32.0. The number of hydrogen-bond donors (Lipinski definition) is 4. The normalized spacial score (nSPS) is 16.4. The van der Waals surface area contributed by atoms with Gasteiger partial charge in [0.15, 0.2) is 5.13 Å². The standard InChI is InChI=1S/C48H52N10O7S/c1-30-27-33(65-32-13-7-6-8-14-32)18-19-35(30)53-45(62)38-29-49-48(66-38)54-39-28-40(51-31(2)50-39)57-24-12-23-56(25-26-57)22-10-5-3-4-9-17-41(59)52-36-16-11-15-34-43(36)47(64)58(46(34)63)37-20-21-42(60)55-44(37)61/h6-8,11,13-16,18-19,27-29,37H,3-5,9-10,12,17,20-26H2,1-2H3,(H,52,59)(H,53,62)(H,55,60,61)(H,49,50,51,54). The van der Waals surface area contributed by atoms with Gasteiger partial charge in [-0.05, 0) is 101 Å². The number of nitrogens with one attached hydrogen (secondary N) is 4. The molecule has 0 saturated carbocycles. The number of rotatable bonds is 17. The molecule has 6 amide bonds. The van der Waals surface area contributed by atoms with Gasteiger partial charge in [0, 0.05) is 44.2 Å². The van der Waals surface area contributed by atoms with E-state index in [1.165, 1.54) is 17.4 Å². The summed E-state index contributed by atoms with van der Waals surface area (Å²) in [6.45, 7) is 8.35. The highest BCUT2D eigenvalue weighted by Crippen LogP contribution is 2.33. The molecule has 342 valence electrons. The van der Waals surface area contributed by atoms with Crippen LogP contribution < -0.4 is 30.9 Å². The third-order valence-electron chi connectivity index (χ3n) is 11.7. The first-order valence-electron chi connectivity index (χ1n) is 22.3. The molecule has 2 saturated heterocycles. The molecule has 18 heteroatoms. The zero-order valence-electron chi connectivity index (χ0n) is 36.9. The van der Waals surface area contributed by atoms with Crippen LogP contribution in [0.1, 0.15) is 99.6 Å². The van der Waals surface area contributed by atoms with E-state index >= 15 is 0 Å². The van der Waals surface area contributed by atoms with Crippen molar-refractivity contribution in [2.45, 2.75) is 77.7 Å². The molecule has 3 aliphatic rings. The number of imide groups is 2. The molecule has 2 aromatic heterocycles. The lowest BCUT2D eigenvalue weighted by molar-refractivity contribution is -0.136. The maximum absolute atomic E-state index is 13.3. The van der Waals surface area contributed by atoms with Gasteiger partial charge in [-0.2, -0.15) is 0 Å². The Labute approximate surface area is 386 Å². The number of ether oxygens (including phenoxy) is 1. The summed E-state index contributed by atoms with van der Waals surface area (Å²) in [6, 6.07) is 20.6. The minimum Gasteiger partial charge on any atom is -0.457 e. The second-order valence-corrected chi connectivity index (χ2v) is 17.6. The zero-order valence-corrected chi connectivity index (χ0v) is 37.7. The molecule has 3 aliphatic heterocycles. The first kappa shape index (κ1) is 45.5. The van der Waals surface area contributed by atoms with Gasteiger partial charge in [0.25, 0.3) is 17.7 Å². The number of piperidine rings is 1. The lowest BCUT2D eigenvalue weighted by Gasteiger charge is -2.27. The van der Waals surface area contributed by atoms with Crippen LogP contribution in [0, 0.1) is 13.8 Å². The lowest BCUT2D eigenvalue weighted by atomic mass is 10.0. The topological polar surface area (TPSA) is 208 Å². The van der Waals surface area contributed by atoms with E-state index in [4.69, 9.17) is 9.72 Å². The molecule has 0 spiro atoms. The van der Waals surface area contributed by atoms with Gasteiger partial charge in [-0.25, -0.2) is 15.0 Å². The minimum absolute atomic E-state index is 0.0315. The summed E-state index contributed by atoms with van der Waals surface area (Å²) >= 11 is 1.24. The number of unbranched alkanes of at least 4 members (excludes halogenated alkanes) is 4. The lowest BCUT2D eigenvalue weighted by Crippen LogP contribution is -2.54. The smallest absolute Gasteiger partial charge is 0.267 e. The Bertz CT molecular complexity index is 2640. The number of carbonyl (C=O) groups is 6. The third kappa shape index (κ3) is 11.1. The van der Waals surface area contributed by atoms with Crippen molar-refractivity contribution in [3.05, 3.63) is 106 Å². The van der Waals surface area contributed by atoms with Crippen molar-refractivity contribution < 1.29 is 33.5 Å². The van der Waals surface area contributed by atoms with Crippen molar-refractivity contribution >= 4 is 74.9 Å². The number of aromatic nitrogens is 3. The van der Waals surface area contributed by atoms with Crippen molar-refractivity contribution in [1.82, 2.24) is 30.1 Å². The van der Waals surface area contributed by atoms with Crippen molar-refractivity contribution in [1.29, 1.82) is 0 Å². The second kappa shape index (κ2) is 20.8. The van der Waals surface area contributed by atoms with E-state index in [1.807, 2.05) is 68.4 Å². The number of carbonyl (C=O) groups excluding carboxylic acids is 6. The molecule has 8 rings (SSSR count). The van der Waals surface area contributed by atoms with Gasteiger partial charge in [0.2, 0.25) is 17.7 Å². The van der Waals surface area contributed by atoms with Crippen LogP contribution in [0.15, 0.2) is 79.0 Å². The third-order valence-corrected chi connectivity index (χ3v) is 12.7. The van der Waals surface area contributed by atoms with Crippen molar-refractivity contribution in [2.24, 2.45) is 0 Å². The van der Waals surface area contributed by atoms with Gasteiger partial charge < -0.3 is 30.5 Å². The molecular weight excluding hydrogens is 861 g/mol. The maximum atomic E-state index is 13.3. The molecular formula is C48H52N10O7S. The molecule has 1 atom stereocenters. The molecule has 5 aromatic rings. The van der Waals surface area contributed by atoms with Crippen LogP contribution in [-0.4, -0.2) is 99.0 Å². The van der Waals surface area contributed by atoms with Crippen molar-refractivity contribution in [2.75, 3.05) is 53.6 Å². The Hall–Kier alpha value is -7.05. The van der Waals surface area contributed by atoms with Gasteiger partial charge in [-0.1, -0.05) is 54.9 Å². The van der Waals surface area contributed by atoms with Crippen LogP contribution in [-0.2, 0) is 14.4 Å². The molecule has 5 heterocycles. The number of thiazole rings is 1. The molecule has 4 N–H and O–H groups in total. The molecule has 17 nitrogen and oxygen atoms in total. The van der Waals surface area contributed by atoms with Crippen LogP contribution >= 0.6 is 11.3 Å². The first-order valence-corrected chi connectivity index (χ1v) is 23.2. The Morgan fingerprint density at radius 1 is 0.818 bits per heavy atom. The average molecular weight is 913 g/mol. The summed E-state index contributed by atoms with van der Waals surface area (Å²) in [5.41, 5.74) is 1.99. The highest BCUT2D eigenvalue weighted by Gasteiger charge is 2.45. The average Bonchev–Trinajstić information content (AvgIpc) is 3.76. The van der Waals surface area contributed by atoms with E-state index in [0.29, 0.717) is 39.5 Å². The Kier molecular flexibility index (Phi) is 14.4. The number of hydrogen-bond acceptors (Lipinski definition) is 14. The molecule has 2 fully saturated rings. The number of fused-ring (bicyclic) bond motifs is 1. The Morgan fingerprint density at radius 3 is 2.45 bits per heavy atom. The SMILES string of the molecule is Cc1nc(Nc2ncc(C(=O)Nc3ccc(Oc4ccccc4)cc3C)s2)cc(N2CCCN(CCCCCCCC(=O)Nc3cccc4c3C(=O)N(C3CCC(=O)NC3=O)C4=O)CC2)n1. The number of para-hydroxylation sites is 1. The fourth-order valence-electron chi connectivity index (χ4n) is 8.38. The summed E-state index contributed by atoms with van der Waals surface area (Å²) < 4.78 is 5.92.